The van der Waals surface area contributed by atoms with Crippen molar-refractivity contribution < 1.29 is 9.53 Å². The maximum atomic E-state index is 12.3. The number of aryl methyl sites for hydroxylation is 1. The number of anilines is 1. The topological polar surface area (TPSA) is 94.8 Å². The Morgan fingerprint density at radius 2 is 2.25 bits per heavy atom. The predicted octanol–water partition coefficient (Wildman–Crippen LogP) is 3.01. The van der Waals surface area contributed by atoms with Crippen LogP contribution in [-0.4, -0.2) is 49.6 Å². The van der Waals surface area contributed by atoms with Crippen LogP contribution in [0, 0.1) is 6.92 Å². The second-order valence-electron chi connectivity index (χ2n) is 6.52. The van der Waals surface area contributed by atoms with Crippen LogP contribution in [0.4, 0.5) is 5.13 Å². The van der Waals surface area contributed by atoms with E-state index in [1.807, 2.05) is 36.6 Å². The average Bonchev–Trinajstić information content (AvgIpc) is 3.44. The fraction of sp³-hybridized carbons (Fsp3) is 0.389. The first-order valence-electron chi connectivity index (χ1n) is 9.00. The summed E-state index contributed by atoms with van der Waals surface area (Å²) < 4.78 is 7.32. The molecule has 1 N–H and O–H groups in total. The van der Waals surface area contributed by atoms with Crippen molar-refractivity contribution in [2.75, 3.05) is 17.7 Å². The molecule has 3 heterocycles. The van der Waals surface area contributed by atoms with Gasteiger partial charge in [0.1, 0.15) is 0 Å². The van der Waals surface area contributed by atoms with Gasteiger partial charge in [-0.25, -0.2) is 9.67 Å². The molecule has 10 heteroatoms. The quantitative estimate of drug-likeness (QED) is 0.592. The van der Waals surface area contributed by atoms with E-state index in [2.05, 4.69) is 25.8 Å². The standard InChI is InChI=1S/C18H20N6O2S2/c1-12-4-6-13(7-5-12)15-10-27-17(19-15)20-16(25)11-28-18-21-22-23-24(18)9-14-3-2-8-26-14/h4-7,10,14H,2-3,8-9,11H2,1H3,(H,19,20,25)/t14-/m0/s1. The van der Waals surface area contributed by atoms with E-state index in [1.165, 1.54) is 28.7 Å². The Morgan fingerprint density at radius 1 is 1.39 bits per heavy atom. The number of aromatic nitrogens is 5. The molecule has 28 heavy (non-hydrogen) atoms. The molecule has 1 saturated heterocycles. The van der Waals surface area contributed by atoms with Crippen molar-refractivity contribution in [3.63, 3.8) is 0 Å². The van der Waals surface area contributed by atoms with E-state index in [0.29, 0.717) is 16.8 Å². The van der Waals surface area contributed by atoms with Gasteiger partial charge in [-0.3, -0.25) is 4.79 Å². The molecule has 0 bridgehead atoms. The second-order valence-corrected chi connectivity index (χ2v) is 8.32. The van der Waals surface area contributed by atoms with Crippen LogP contribution in [0.2, 0.25) is 0 Å². The van der Waals surface area contributed by atoms with Crippen LogP contribution in [0.25, 0.3) is 11.3 Å². The van der Waals surface area contributed by atoms with E-state index in [-0.39, 0.29) is 17.8 Å². The van der Waals surface area contributed by atoms with Crippen LogP contribution >= 0.6 is 23.1 Å². The number of hydrogen-bond acceptors (Lipinski definition) is 8. The molecule has 0 unspecified atom stereocenters. The highest BCUT2D eigenvalue weighted by Crippen LogP contribution is 2.25. The van der Waals surface area contributed by atoms with Crippen LogP contribution < -0.4 is 5.32 Å². The summed E-state index contributed by atoms with van der Waals surface area (Å²) in [5, 5.41) is 17.7. The lowest BCUT2D eigenvalue weighted by Crippen LogP contribution is -2.18. The van der Waals surface area contributed by atoms with E-state index in [4.69, 9.17) is 4.74 Å². The first-order chi connectivity index (χ1) is 13.7. The third kappa shape index (κ3) is 4.75. The summed E-state index contributed by atoms with van der Waals surface area (Å²) in [6.07, 6.45) is 2.22. The van der Waals surface area contributed by atoms with Crippen molar-refractivity contribution in [2.45, 2.75) is 37.6 Å². The van der Waals surface area contributed by atoms with Crippen molar-refractivity contribution in [3.8, 4) is 11.3 Å². The number of thiazole rings is 1. The highest BCUT2D eigenvalue weighted by Gasteiger charge is 2.19. The first kappa shape index (κ1) is 19.0. The molecule has 4 rings (SSSR count). The normalized spacial score (nSPS) is 16.4. The van der Waals surface area contributed by atoms with Crippen molar-refractivity contribution in [1.29, 1.82) is 0 Å². The Bertz CT molecular complexity index is 934. The number of nitrogens with zero attached hydrogens (tertiary/aromatic N) is 5. The lowest BCUT2D eigenvalue weighted by molar-refractivity contribution is -0.113. The monoisotopic (exact) mass is 416 g/mol. The minimum absolute atomic E-state index is 0.138. The molecule has 8 nitrogen and oxygen atoms in total. The van der Waals surface area contributed by atoms with Gasteiger partial charge in [-0.1, -0.05) is 41.6 Å². The second kappa shape index (κ2) is 8.80. The van der Waals surface area contributed by atoms with Gasteiger partial charge < -0.3 is 10.1 Å². The summed E-state index contributed by atoms with van der Waals surface area (Å²) in [7, 11) is 0. The Hall–Kier alpha value is -2.30. The minimum atomic E-state index is -0.138. The number of amides is 1. The largest absolute Gasteiger partial charge is 0.376 e. The van der Waals surface area contributed by atoms with E-state index in [0.717, 1.165) is 30.7 Å². The summed E-state index contributed by atoms with van der Waals surface area (Å²) in [6.45, 7) is 3.45. The Balaban J connectivity index is 1.30. The van der Waals surface area contributed by atoms with E-state index < -0.39 is 0 Å². The van der Waals surface area contributed by atoms with Gasteiger partial charge in [-0.05, 0) is 30.2 Å². The van der Waals surface area contributed by atoms with Gasteiger partial charge in [0.2, 0.25) is 11.1 Å². The molecule has 0 saturated carbocycles. The van der Waals surface area contributed by atoms with E-state index in [1.54, 1.807) is 4.68 Å². The molecular formula is C18H20N6O2S2. The molecule has 3 aromatic rings. The summed E-state index contributed by atoms with van der Waals surface area (Å²) in [6, 6.07) is 8.15. The lowest BCUT2D eigenvalue weighted by atomic mass is 10.1. The van der Waals surface area contributed by atoms with E-state index >= 15 is 0 Å². The molecule has 1 aromatic carbocycles. The van der Waals surface area contributed by atoms with Gasteiger partial charge in [0.25, 0.3) is 0 Å². The Kier molecular flexibility index (Phi) is 5.98. The van der Waals surface area contributed by atoms with Crippen LogP contribution in [-0.2, 0) is 16.1 Å². The van der Waals surface area contributed by atoms with Gasteiger partial charge in [0.15, 0.2) is 5.13 Å². The van der Waals surface area contributed by atoms with Crippen molar-refractivity contribution >= 4 is 34.1 Å². The van der Waals surface area contributed by atoms with Crippen LogP contribution in [0.3, 0.4) is 0 Å². The number of benzene rings is 1. The maximum absolute atomic E-state index is 12.3. The van der Waals surface area contributed by atoms with Crippen molar-refractivity contribution in [1.82, 2.24) is 25.2 Å². The zero-order valence-corrected chi connectivity index (χ0v) is 17.0. The Labute approximate surface area is 170 Å². The van der Waals surface area contributed by atoms with Gasteiger partial charge in [0.05, 0.1) is 24.1 Å². The van der Waals surface area contributed by atoms with Gasteiger partial charge in [-0.2, -0.15) is 0 Å². The maximum Gasteiger partial charge on any atom is 0.236 e. The molecule has 0 aliphatic carbocycles. The number of carbonyl (C=O) groups is 1. The number of nitrogens with one attached hydrogen (secondary N) is 1. The zero-order valence-electron chi connectivity index (χ0n) is 15.4. The average molecular weight is 417 g/mol. The summed E-state index contributed by atoms with van der Waals surface area (Å²) in [4.78, 5) is 16.8. The number of ether oxygens (including phenoxy) is 1. The number of hydrogen-bond donors (Lipinski definition) is 1. The van der Waals surface area contributed by atoms with E-state index in [9.17, 15) is 4.79 Å². The predicted molar refractivity (Wildman–Crippen MR) is 108 cm³/mol. The zero-order chi connectivity index (χ0) is 19.3. The minimum Gasteiger partial charge on any atom is -0.376 e. The number of thioether (sulfide) groups is 1. The van der Waals surface area contributed by atoms with Gasteiger partial charge in [0, 0.05) is 17.6 Å². The first-order valence-corrected chi connectivity index (χ1v) is 10.9. The highest BCUT2D eigenvalue weighted by molar-refractivity contribution is 7.99. The molecule has 1 amide bonds. The fourth-order valence-electron chi connectivity index (χ4n) is 2.87. The fourth-order valence-corrected chi connectivity index (χ4v) is 4.29. The summed E-state index contributed by atoms with van der Waals surface area (Å²) >= 11 is 2.72. The molecule has 2 aromatic heterocycles. The SMILES string of the molecule is Cc1ccc(-c2csc(NC(=O)CSc3nnnn3C[C@@H]3CCCO3)n2)cc1. The molecule has 1 aliphatic rings. The third-order valence-electron chi connectivity index (χ3n) is 4.33. The summed E-state index contributed by atoms with van der Waals surface area (Å²) in [5.74, 6) is 0.0761. The van der Waals surface area contributed by atoms with Crippen LogP contribution in [0.15, 0.2) is 34.8 Å². The van der Waals surface area contributed by atoms with Crippen molar-refractivity contribution in [3.05, 3.63) is 35.2 Å². The molecule has 0 spiro atoms. The summed E-state index contributed by atoms with van der Waals surface area (Å²) in [5.41, 5.74) is 3.09. The number of carbonyl (C=O) groups excluding carboxylic acids is 1. The van der Waals surface area contributed by atoms with Crippen LogP contribution in [0.5, 0.6) is 0 Å². The number of rotatable bonds is 7. The molecule has 1 atom stereocenters. The highest BCUT2D eigenvalue weighted by atomic mass is 32.2. The molecule has 1 aliphatic heterocycles. The van der Waals surface area contributed by atoms with Crippen LogP contribution in [0.1, 0.15) is 18.4 Å². The molecule has 0 radical (unpaired) electrons. The van der Waals surface area contributed by atoms with Crippen molar-refractivity contribution in [2.24, 2.45) is 0 Å². The molecule has 146 valence electrons. The van der Waals surface area contributed by atoms with Gasteiger partial charge >= 0.3 is 0 Å². The molecular weight excluding hydrogens is 396 g/mol. The number of tetrazole rings is 1. The Morgan fingerprint density at radius 3 is 3.04 bits per heavy atom. The lowest BCUT2D eigenvalue weighted by Gasteiger charge is -2.09. The third-order valence-corrected chi connectivity index (χ3v) is 6.04. The van der Waals surface area contributed by atoms with Gasteiger partial charge in [-0.15, -0.1) is 16.4 Å². The molecule has 1 fully saturated rings. The smallest absolute Gasteiger partial charge is 0.236 e.